The molecule has 0 aromatic heterocycles. The molecular weight excluding hydrogens is 156 g/mol. The predicted octanol–water partition coefficient (Wildman–Crippen LogP) is 1.57. The number of thiol groups is 1. The van der Waals surface area contributed by atoms with E-state index in [-0.39, 0.29) is 11.4 Å². The second kappa shape index (κ2) is 2.54. The van der Waals surface area contributed by atoms with Crippen molar-refractivity contribution < 1.29 is 5.11 Å². The molecule has 1 nitrogen and oxygen atoms in total. The number of benzene rings is 1. The molecule has 11 heavy (non-hydrogen) atoms. The third-order valence-corrected chi connectivity index (χ3v) is 2.63. The van der Waals surface area contributed by atoms with Crippen LogP contribution in [-0.4, -0.2) is 10.4 Å². The number of rotatable bonds is 0. The van der Waals surface area contributed by atoms with Gasteiger partial charge < -0.3 is 5.11 Å². The average molecular weight is 166 g/mol. The summed E-state index contributed by atoms with van der Waals surface area (Å²) in [5.41, 5.74) is 2.28. The summed E-state index contributed by atoms with van der Waals surface area (Å²) in [5.74, 6) is 0. The Balaban J connectivity index is 2.47. The Morgan fingerprint density at radius 3 is 2.82 bits per heavy atom. The fourth-order valence-corrected chi connectivity index (χ4v) is 1.91. The van der Waals surface area contributed by atoms with Crippen LogP contribution in [0.1, 0.15) is 17.2 Å². The molecule has 0 radical (unpaired) electrons. The Morgan fingerprint density at radius 2 is 2.09 bits per heavy atom. The minimum absolute atomic E-state index is 0.0902. The van der Waals surface area contributed by atoms with Gasteiger partial charge in [0, 0.05) is 5.25 Å². The molecule has 1 aliphatic rings. The van der Waals surface area contributed by atoms with Gasteiger partial charge in [-0.3, -0.25) is 0 Å². The van der Waals surface area contributed by atoms with Crippen LogP contribution in [0.4, 0.5) is 0 Å². The first-order valence-corrected chi connectivity index (χ1v) is 4.24. The molecule has 0 fully saturated rings. The van der Waals surface area contributed by atoms with Crippen molar-refractivity contribution in [1.29, 1.82) is 0 Å². The Bertz CT molecular complexity index is 272. The van der Waals surface area contributed by atoms with Crippen LogP contribution in [0.25, 0.3) is 0 Å². The summed E-state index contributed by atoms with van der Waals surface area (Å²) >= 11 is 4.28. The zero-order valence-corrected chi connectivity index (χ0v) is 6.96. The molecule has 0 aliphatic heterocycles. The predicted molar refractivity (Wildman–Crippen MR) is 47.9 cm³/mol. The summed E-state index contributed by atoms with van der Waals surface area (Å²) in [6, 6.07) is 7.97. The molecule has 2 heteroatoms. The highest BCUT2D eigenvalue weighted by atomic mass is 32.1. The van der Waals surface area contributed by atoms with Gasteiger partial charge in [0.1, 0.15) is 0 Å². The fraction of sp³-hybridized carbons (Fsp3) is 0.333. The van der Waals surface area contributed by atoms with Crippen LogP contribution in [0.5, 0.6) is 0 Å². The third kappa shape index (κ3) is 1.06. The molecule has 1 aliphatic carbocycles. The van der Waals surface area contributed by atoms with Crippen molar-refractivity contribution in [2.24, 2.45) is 0 Å². The van der Waals surface area contributed by atoms with Crippen LogP contribution in [0.15, 0.2) is 24.3 Å². The van der Waals surface area contributed by atoms with Crippen molar-refractivity contribution in [2.45, 2.75) is 17.8 Å². The largest absolute Gasteiger partial charge is 0.387 e. The lowest BCUT2D eigenvalue weighted by Gasteiger charge is -2.06. The quantitative estimate of drug-likeness (QED) is 0.561. The topological polar surface area (TPSA) is 20.2 Å². The van der Waals surface area contributed by atoms with E-state index in [1.165, 1.54) is 5.56 Å². The van der Waals surface area contributed by atoms with Gasteiger partial charge in [-0.2, -0.15) is 12.6 Å². The Morgan fingerprint density at radius 1 is 1.36 bits per heavy atom. The van der Waals surface area contributed by atoms with Crippen LogP contribution >= 0.6 is 12.6 Å². The normalized spacial score (nSPS) is 28.5. The highest BCUT2D eigenvalue weighted by Gasteiger charge is 2.27. The van der Waals surface area contributed by atoms with Gasteiger partial charge in [0.25, 0.3) is 0 Å². The van der Waals surface area contributed by atoms with Crippen molar-refractivity contribution in [3.8, 4) is 0 Å². The van der Waals surface area contributed by atoms with Gasteiger partial charge in [0.05, 0.1) is 6.10 Å². The van der Waals surface area contributed by atoms with Crippen LogP contribution in [-0.2, 0) is 6.42 Å². The molecule has 1 N–H and O–H groups in total. The molecule has 0 saturated carbocycles. The maximum absolute atomic E-state index is 9.57. The van der Waals surface area contributed by atoms with Gasteiger partial charge >= 0.3 is 0 Å². The average Bonchev–Trinajstić information content (AvgIpc) is 2.30. The van der Waals surface area contributed by atoms with E-state index in [0.717, 1.165) is 12.0 Å². The number of hydrogen-bond donors (Lipinski definition) is 2. The smallest absolute Gasteiger partial charge is 0.0911 e. The van der Waals surface area contributed by atoms with Crippen LogP contribution in [0, 0.1) is 0 Å². The number of fused-ring (bicyclic) bond motifs is 1. The summed E-state index contributed by atoms with van der Waals surface area (Å²) in [7, 11) is 0. The van der Waals surface area contributed by atoms with E-state index in [4.69, 9.17) is 0 Å². The van der Waals surface area contributed by atoms with Crippen molar-refractivity contribution in [1.82, 2.24) is 0 Å². The highest BCUT2D eigenvalue weighted by molar-refractivity contribution is 7.81. The first-order valence-electron chi connectivity index (χ1n) is 3.73. The minimum Gasteiger partial charge on any atom is -0.387 e. The van der Waals surface area contributed by atoms with Crippen LogP contribution < -0.4 is 0 Å². The lowest BCUT2D eigenvalue weighted by Crippen LogP contribution is -2.04. The molecule has 2 rings (SSSR count). The van der Waals surface area contributed by atoms with Crippen molar-refractivity contribution in [3.63, 3.8) is 0 Å². The van der Waals surface area contributed by atoms with E-state index in [0.29, 0.717) is 0 Å². The first kappa shape index (κ1) is 7.19. The van der Waals surface area contributed by atoms with Gasteiger partial charge in [-0.15, -0.1) is 0 Å². The van der Waals surface area contributed by atoms with E-state index in [1.54, 1.807) is 0 Å². The van der Waals surface area contributed by atoms with Gasteiger partial charge in [-0.05, 0) is 17.5 Å². The van der Waals surface area contributed by atoms with Crippen molar-refractivity contribution in [3.05, 3.63) is 35.4 Å². The Kier molecular flexibility index (Phi) is 1.66. The molecule has 0 amide bonds. The minimum atomic E-state index is -0.366. The van der Waals surface area contributed by atoms with Crippen LogP contribution in [0.2, 0.25) is 0 Å². The third-order valence-electron chi connectivity index (χ3n) is 2.17. The van der Waals surface area contributed by atoms with E-state index >= 15 is 0 Å². The van der Waals surface area contributed by atoms with Gasteiger partial charge in [0.15, 0.2) is 0 Å². The molecular formula is C9H10OS. The zero-order chi connectivity index (χ0) is 7.84. The molecule has 0 saturated heterocycles. The monoisotopic (exact) mass is 166 g/mol. The van der Waals surface area contributed by atoms with E-state index < -0.39 is 0 Å². The zero-order valence-electron chi connectivity index (χ0n) is 6.07. The van der Waals surface area contributed by atoms with Gasteiger partial charge in [0.2, 0.25) is 0 Å². The molecule has 1 aromatic rings. The number of aliphatic hydroxyl groups is 1. The Labute approximate surface area is 71.5 Å². The van der Waals surface area contributed by atoms with Crippen LogP contribution in [0.3, 0.4) is 0 Å². The van der Waals surface area contributed by atoms with Crippen molar-refractivity contribution >= 4 is 12.6 Å². The molecule has 0 unspecified atom stereocenters. The molecule has 58 valence electrons. The molecule has 0 spiro atoms. The highest BCUT2D eigenvalue weighted by Crippen LogP contribution is 2.33. The van der Waals surface area contributed by atoms with Crippen molar-refractivity contribution in [2.75, 3.05) is 0 Å². The van der Waals surface area contributed by atoms with E-state index in [1.807, 2.05) is 18.2 Å². The summed E-state index contributed by atoms with van der Waals surface area (Å²) in [6.07, 6.45) is 0.523. The lowest BCUT2D eigenvalue weighted by atomic mass is 10.1. The first-order chi connectivity index (χ1) is 5.29. The molecule has 2 atom stereocenters. The van der Waals surface area contributed by atoms with Gasteiger partial charge in [-0.1, -0.05) is 24.3 Å². The molecule has 0 heterocycles. The summed E-state index contributed by atoms with van der Waals surface area (Å²) < 4.78 is 0. The maximum atomic E-state index is 9.57. The second-order valence-electron chi connectivity index (χ2n) is 2.92. The van der Waals surface area contributed by atoms with E-state index in [9.17, 15) is 5.11 Å². The summed E-state index contributed by atoms with van der Waals surface area (Å²) in [6.45, 7) is 0. The maximum Gasteiger partial charge on any atom is 0.0911 e. The SMILES string of the molecule is O[C@@H]1c2ccccc2C[C@H]1S. The Hall–Kier alpha value is -0.470. The number of hydrogen-bond acceptors (Lipinski definition) is 2. The summed E-state index contributed by atoms with van der Waals surface area (Å²) in [5, 5.41) is 9.66. The van der Waals surface area contributed by atoms with E-state index in [2.05, 4.69) is 18.7 Å². The standard InChI is InChI=1S/C9H10OS/c10-9-7-4-2-1-3-6(7)5-8(9)11/h1-4,8-11H,5H2/t8-,9-/m1/s1. The molecule has 0 bridgehead atoms. The number of aliphatic hydroxyl groups excluding tert-OH is 1. The molecule has 1 aromatic carbocycles. The summed E-state index contributed by atoms with van der Waals surface area (Å²) in [4.78, 5) is 0. The van der Waals surface area contributed by atoms with Gasteiger partial charge in [-0.25, -0.2) is 0 Å². The second-order valence-corrected chi connectivity index (χ2v) is 3.58. The lowest BCUT2D eigenvalue weighted by molar-refractivity contribution is 0.186. The fourth-order valence-electron chi connectivity index (χ4n) is 1.55.